The summed E-state index contributed by atoms with van der Waals surface area (Å²) in [5.74, 6) is 0.932. The number of likely N-dealkylation sites (tertiary alicyclic amines) is 1. The van der Waals surface area contributed by atoms with Gasteiger partial charge in [0.1, 0.15) is 5.82 Å². The number of aliphatic carboxylic acids is 1. The Kier molecular flexibility index (Phi) is 10.9. The van der Waals surface area contributed by atoms with Gasteiger partial charge in [0.2, 0.25) is 0 Å². The summed E-state index contributed by atoms with van der Waals surface area (Å²) in [6, 6.07) is 9.71. The zero-order chi connectivity index (χ0) is 32.8. The van der Waals surface area contributed by atoms with Crippen molar-refractivity contribution in [1.82, 2.24) is 15.2 Å². The van der Waals surface area contributed by atoms with Gasteiger partial charge in [-0.1, -0.05) is 0 Å². The Morgan fingerprint density at radius 3 is 2.17 bits per heavy atom. The highest BCUT2D eigenvalue weighted by Gasteiger charge is 2.42. The van der Waals surface area contributed by atoms with Gasteiger partial charge in [-0.2, -0.15) is 0 Å². The minimum Gasteiger partial charge on any atom is -0.481 e. The lowest BCUT2D eigenvalue weighted by atomic mass is 9.91. The topological polar surface area (TPSA) is 158 Å². The molecule has 1 saturated carbocycles. The third-order valence-corrected chi connectivity index (χ3v) is 9.85. The average molecular weight is 633 g/mol. The van der Waals surface area contributed by atoms with Crippen molar-refractivity contribution < 1.29 is 24.3 Å². The maximum absolute atomic E-state index is 13.2. The van der Waals surface area contributed by atoms with E-state index in [-0.39, 0.29) is 17.7 Å². The van der Waals surface area contributed by atoms with E-state index >= 15 is 0 Å². The molecule has 3 aliphatic heterocycles. The maximum atomic E-state index is 13.2. The molecule has 4 aliphatic rings. The SMILES string of the molecule is CC(=O)O.CN1CCC(CCC(=O)c2ccc(N3[C@@H]4CC[C@H]3CC(NC(=O)c3ccc(C(N)=O)c(NCC5CC5)c3)C4)nc2)CC1. The van der Waals surface area contributed by atoms with Crippen LogP contribution < -0.4 is 21.3 Å². The number of carbonyl (C=O) groups is 4. The molecular weight excluding hydrogens is 584 g/mol. The molecule has 46 heavy (non-hydrogen) atoms. The first-order valence-electron chi connectivity index (χ1n) is 16.7. The fraction of sp³-hybridized carbons (Fsp3) is 0.571. The molecule has 4 heterocycles. The number of anilines is 2. The number of benzene rings is 1. The van der Waals surface area contributed by atoms with Gasteiger partial charge in [0.25, 0.3) is 17.8 Å². The number of aromatic nitrogens is 1. The molecule has 1 unspecified atom stereocenters. The van der Waals surface area contributed by atoms with Gasteiger partial charge in [-0.3, -0.25) is 19.2 Å². The van der Waals surface area contributed by atoms with Crippen LogP contribution in [0.3, 0.4) is 0 Å². The second-order valence-corrected chi connectivity index (χ2v) is 13.5. The molecule has 3 atom stereocenters. The summed E-state index contributed by atoms with van der Waals surface area (Å²) in [4.78, 5) is 56.5. The Labute approximate surface area is 271 Å². The molecule has 2 aromatic rings. The maximum Gasteiger partial charge on any atom is 0.300 e. The molecule has 0 spiro atoms. The third kappa shape index (κ3) is 8.84. The van der Waals surface area contributed by atoms with Crippen molar-refractivity contribution in [2.75, 3.05) is 36.9 Å². The molecule has 6 rings (SSSR count). The van der Waals surface area contributed by atoms with Crippen molar-refractivity contribution in [3.63, 3.8) is 0 Å². The molecular formula is C35H48N6O5. The van der Waals surface area contributed by atoms with Gasteiger partial charge < -0.3 is 31.3 Å². The van der Waals surface area contributed by atoms with Gasteiger partial charge in [-0.25, -0.2) is 4.98 Å². The Morgan fingerprint density at radius 1 is 0.935 bits per heavy atom. The van der Waals surface area contributed by atoms with Crippen molar-refractivity contribution in [2.24, 2.45) is 17.6 Å². The minimum absolute atomic E-state index is 0.0744. The molecule has 1 aromatic carbocycles. The molecule has 11 heteroatoms. The number of carboxylic acid groups (broad SMARTS) is 1. The lowest BCUT2D eigenvalue weighted by molar-refractivity contribution is -0.134. The molecule has 1 aromatic heterocycles. The number of carbonyl (C=O) groups excluding carboxylic acids is 3. The first-order chi connectivity index (χ1) is 22.1. The summed E-state index contributed by atoms with van der Waals surface area (Å²) in [6.07, 6.45) is 11.9. The van der Waals surface area contributed by atoms with Crippen LogP contribution in [0.2, 0.25) is 0 Å². The molecule has 11 nitrogen and oxygen atoms in total. The number of nitrogens with one attached hydrogen (secondary N) is 2. The van der Waals surface area contributed by atoms with Gasteiger partial charge in [0, 0.05) is 61.0 Å². The molecule has 3 saturated heterocycles. The number of amides is 2. The highest BCUT2D eigenvalue weighted by atomic mass is 16.4. The number of primary amides is 1. The van der Waals surface area contributed by atoms with Crippen LogP contribution in [-0.2, 0) is 4.79 Å². The molecule has 4 fully saturated rings. The number of ketones is 1. The van der Waals surface area contributed by atoms with Crippen molar-refractivity contribution >= 4 is 35.1 Å². The molecule has 2 amide bonds. The fourth-order valence-electron chi connectivity index (χ4n) is 7.09. The zero-order valence-electron chi connectivity index (χ0n) is 27.0. The van der Waals surface area contributed by atoms with Crippen LogP contribution in [0, 0.1) is 11.8 Å². The number of hydrogen-bond acceptors (Lipinski definition) is 8. The normalized spacial score (nSPS) is 22.8. The predicted octanol–water partition coefficient (Wildman–Crippen LogP) is 4.33. The van der Waals surface area contributed by atoms with E-state index in [2.05, 4.69) is 27.5 Å². The number of carboxylic acids is 1. The summed E-state index contributed by atoms with van der Waals surface area (Å²) < 4.78 is 0. The predicted molar refractivity (Wildman–Crippen MR) is 177 cm³/mol. The van der Waals surface area contributed by atoms with E-state index < -0.39 is 11.9 Å². The first-order valence-corrected chi connectivity index (χ1v) is 16.7. The quantitative estimate of drug-likeness (QED) is 0.265. The van der Waals surface area contributed by atoms with Gasteiger partial charge in [0.15, 0.2) is 5.78 Å². The molecule has 1 aliphatic carbocycles. The highest BCUT2D eigenvalue weighted by molar-refractivity contribution is 6.02. The lowest BCUT2D eigenvalue weighted by Crippen LogP contribution is -2.50. The standard InChI is InChI=1S/C33H44N6O3.C2H4O2/c1-38-14-12-21(13-15-38)4-10-30(40)24-6-11-31(36-20-24)39-26-7-8-27(39)18-25(17-26)37-33(42)23-5-9-28(32(34)41)29(16-23)35-19-22-2-3-22;1-2(3)4/h5-6,9,11,16,20-22,25-27,35H,2-4,7-8,10,12-15,17-19H2,1H3,(H2,34,41)(H,37,42);1H3,(H,3,4)/t25?,26-,27+;. The van der Waals surface area contributed by atoms with E-state index in [1.54, 1.807) is 24.4 Å². The number of hydrogen-bond donors (Lipinski definition) is 4. The average Bonchev–Trinajstić information content (AvgIpc) is 3.82. The van der Waals surface area contributed by atoms with Crippen LogP contribution in [0.5, 0.6) is 0 Å². The molecule has 248 valence electrons. The number of Topliss-reactive ketones (excluding diaryl/α,β-unsaturated/α-hetero) is 1. The van der Waals surface area contributed by atoms with Crippen LogP contribution in [0.25, 0.3) is 0 Å². The van der Waals surface area contributed by atoms with Gasteiger partial charge in [-0.15, -0.1) is 0 Å². The van der Waals surface area contributed by atoms with Crippen LogP contribution in [-0.4, -0.2) is 83.4 Å². The third-order valence-electron chi connectivity index (χ3n) is 9.85. The van der Waals surface area contributed by atoms with E-state index in [1.165, 1.54) is 25.7 Å². The molecule has 5 N–H and O–H groups in total. The smallest absolute Gasteiger partial charge is 0.300 e. The van der Waals surface area contributed by atoms with Gasteiger partial charge in [0.05, 0.1) is 5.56 Å². The van der Waals surface area contributed by atoms with Gasteiger partial charge >= 0.3 is 0 Å². The highest BCUT2D eigenvalue weighted by Crippen LogP contribution is 2.39. The van der Waals surface area contributed by atoms with Gasteiger partial charge in [-0.05, 0) is 120 Å². The number of fused-ring (bicyclic) bond motifs is 2. The van der Waals surface area contributed by atoms with Crippen LogP contribution in [0.1, 0.15) is 102 Å². The number of nitrogens with zero attached hydrogens (tertiary/aromatic N) is 3. The zero-order valence-corrected chi connectivity index (χ0v) is 27.0. The van der Waals surface area contributed by atoms with E-state index in [9.17, 15) is 14.4 Å². The van der Waals surface area contributed by atoms with Crippen molar-refractivity contribution in [3.8, 4) is 0 Å². The summed E-state index contributed by atoms with van der Waals surface area (Å²) in [5, 5.41) is 14.0. The number of piperidine rings is 2. The minimum atomic E-state index is -0.833. The second kappa shape index (κ2) is 15.1. The summed E-state index contributed by atoms with van der Waals surface area (Å²) in [5.41, 5.74) is 7.85. The van der Waals surface area contributed by atoms with E-state index in [0.717, 1.165) is 64.5 Å². The molecule has 0 radical (unpaired) electrons. The van der Waals surface area contributed by atoms with Crippen molar-refractivity contribution in [2.45, 2.75) is 89.3 Å². The van der Waals surface area contributed by atoms with Crippen molar-refractivity contribution in [3.05, 3.63) is 53.2 Å². The van der Waals surface area contributed by atoms with E-state index in [4.69, 9.17) is 20.6 Å². The molecule has 2 bridgehead atoms. The lowest BCUT2D eigenvalue weighted by Gasteiger charge is -2.40. The number of pyridine rings is 1. The van der Waals surface area contributed by atoms with Crippen LogP contribution in [0.4, 0.5) is 11.5 Å². The summed E-state index contributed by atoms with van der Waals surface area (Å²) in [6.45, 7) is 4.12. The second-order valence-electron chi connectivity index (χ2n) is 13.5. The Morgan fingerprint density at radius 2 is 1.59 bits per heavy atom. The largest absolute Gasteiger partial charge is 0.481 e. The first kappa shape index (κ1) is 33.4. The Hall–Kier alpha value is -3.99. The van der Waals surface area contributed by atoms with E-state index in [1.807, 2.05) is 12.1 Å². The van der Waals surface area contributed by atoms with Crippen molar-refractivity contribution in [1.29, 1.82) is 0 Å². The number of nitrogens with two attached hydrogens (primary N) is 1. The Balaban J connectivity index is 0.000000985. The monoisotopic (exact) mass is 632 g/mol. The van der Waals surface area contributed by atoms with Crippen LogP contribution >= 0.6 is 0 Å². The van der Waals surface area contributed by atoms with Crippen LogP contribution in [0.15, 0.2) is 36.5 Å². The summed E-state index contributed by atoms with van der Waals surface area (Å²) >= 11 is 0. The summed E-state index contributed by atoms with van der Waals surface area (Å²) in [7, 11) is 2.16. The Bertz CT molecular complexity index is 1380. The number of rotatable bonds is 11. The fourth-order valence-corrected chi connectivity index (χ4v) is 7.09. The van der Waals surface area contributed by atoms with E-state index in [0.29, 0.717) is 52.7 Å².